The molecule has 0 saturated carbocycles. The number of piperazine rings is 1. The Morgan fingerprint density at radius 1 is 1.67 bits per heavy atom. The molecule has 1 aliphatic rings. The Labute approximate surface area is 95.4 Å². The van der Waals surface area contributed by atoms with Gasteiger partial charge in [-0.05, 0) is 18.6 Å². The lowest BCUT2D eigenvalue weighted by Crippen LogP contribution is -2.48. The van der Waals surface area contributed by atoms with E-state index >= 15 is 0 Å². The highest BCUT2D eigenvalue weighted by Crippen LogP contribution is 2.16. The summed E-state index contributed by atoms with van der Waals surface area (Å²) in [6, 6.07) is 2.56. The van der Waals surface area contributed by atoms with Gasteiger partial charge in [-0.2, -0.15) is 0 Å². The van der Waals surface area contributed by atoms with Gasteiger partial charge < -0.3 is 5.32 Å². The van der Waals surface area contributed by atoms with Crippen molar-refractivity contribution in [1.29, 1.82) is 0 Å². The zero-order valence-corrected chi connectivity index (χ0v) is 9.67. The van der Waals surface area contributed by atoms with Gasteiger partial charge in [-0.3, -0.25) is 9.88 Å². The molecular weight excluding hydrogens is 210 g/mol. The predicted octanol–water partition coefficient (Wildman–Crippen LogP) is 1.53. The number of aromatic nitrogens is 1. The first-order valence-electron chi connectivity index (χ1n) is 5.30. The van der Waals surface area contributed by atoms with E-state index in [1.165, 1.54) is 5.56 Å². The summed E-state index contributed by atoms with van der Waals surface area (Å²) in [5.74, 6) is 0. The fraction of sp³-hybridized carbons (Fsp3) is 0.545. The van der Waals surface area contributed by atoms with Crippen molar-refractivity contribution >= 4 is 11.6 Å². The predicted molar refractivity (Wildman–Crippen MR) is 62.0 cm³/mol. The average molecular weight is 226 g/mol. The SMILES string of the molecule is C[C@H]1CN(Cc2ccncc2Cl)CCN1. The summed E-state index contributed by atoms with van der Waals surface area (Å²) in [6.45, 7) is 6.36. The van der Waals surface area contributed by atoms with E-state index in [-0.39, 0.29) is 0 Å². The van der Waals surface area contributed by atoms with Crippen molar-refractivity contribution in [3.8, 4) is 0 Å². The van der Waals surface area contributed by atoms with Crippen LogP contribution in [0.4, 0.5) is 0 Å². The van der Waals surface area contributed by atoms with E-state index in [0.29, 0.717) is 6.04 Å². The molecule has 1 atom stereocenters. The van der Waals surface area contributed by atoms with E-state index in [0.717, 1.165) is 31.2 Å². The van der Waals surface area contributed by atoms with Gasteiger partial charge in [0.05, 0.1) is 5.02 Å². The standard InChI is InChI=1S/C11H16ClN3/c1-9-7-15(5-4-14-9)8-10-2-3-13-6-11(10)12/h2-3,6,9,14H,4-5,7-8H2,1H3/t9-/m0/s1. The maximum absolute atomic E-state index is 6.08. The van der Waals surface area contributed by atoms with Crippen molar-refractivity contribution in [2.24, 2.45) is 0 Å². The molecule has 0 radical (unpaired) electrons. The average Bonchev–Trinajstić information content (AvgIpc) is 2.22. The quantitative estimate of drug-likeness (QED) is 0.828. The van der Waals surface area contributed by atoms with Crippen molar-refractivity contribution in [3.63, 3.8) is 0 Å². The first kappa shape index (κ1) is 10.9. The highest BCUT2D eigenvalue weighted by atomic mass is 35.5. The monoisotopic (exact) mass is 225 g/mol. The molecule has 0 spiro atoms. The van der Waals surface area contributed by atoms with Crippen LogP contribution in [-0.2, 0) is 6.54 Å². The zero-order chi connectivity index (χ0) is 10.7. The molecule has 1 aromatic rings. The zero-order valence-electron chi connectivity index (χ0n) is 8.91. The van der Waals surface area contributed by atoms with Gasteiger partial charge in [0.25, 0.3) is 0 Å². The van der Waals surface area contributed by atoms with Crippen molar-refractivity contribution in [1.82, 2.24) is 15.2 Å². The summed E-state index contributed by atoms with van der Waals surface area (Å²) < 4.78 is 0. The number of nitrogens with zero attached hydrogens (tertiary/aromatic N) is 2. The third-order valence-corrected chi connectivity index (χ3v) is 3.04. The van der Waals surface area contributed by atoms with Gasteiger partial charge in [0, 0.05) is 44.6 Å². The second-order valence-electron chi connectivity index (χ2n) is 4.06. The molecule has 0 amide bonds. The molecule has 2 heterocycles. The third kappa shape index (κ3) is 2.91. The number of hydrogen-bond acceptors (Lipinski definition) is 3. The van der Waals surface area contributed by atoms with E-state index < -0.39 is 0 Å². The van der Waals surface area contributed by atoms with Gasteiger partial charge in [0.2, 0.25) is 0 Å². The molecule has 4 heteroatoms. The molecule has 1 saturated heterocycles. The summed E-state index contributed by atoms with van der Waals surface area (Å²) in [6.07, 6.45) is 3.51. The fourth-order valence-corrected chi connectivity index (χ4v) is 2.11. The second-order valence-corrected chi connectivity index (χ2v) is 4.46. The maximum atomic E-state index is 6.08. The normalized spacial score (nSPS) is 22.9. The van der Waals surface area contributed by atoms with Crippen LogP contribution in [0.15, 0.2) is 18.5 Å². The molecule has 1 aliphatic heterocycles. The van der Waals surface area contributed by atoms with Crippen LogP contribution in [-0.4, -0.2) is 35.6 Å². The van der Waals surface area contributed by atoms with Crippen LogP contribution >= 0.6 is 11.6 Å². The van der Waals surface area contributed by atoms with E-state index in [1.54, 1.807) is 12.4 Å². The van der Waals surface area contributed by atoms with Gasteiger partial charge in [-0.25, -0.2) is 0 Å². The van der Waals surface area contributed by atoms with Crippen LogP contribution in [0, 0.1) is 0 Å². The molecule has 3 nitrogen and oxygen atoms in total. The van der Waals surface area contributed by atoms with Gasteiger partial charge in [-0.15, -0.1) is 0 Å². The molecule has 2 rings (SSSR count). The first-order chi connectivity index (χ1) is 7.25. The lowest BCUT2D eigenvalue weighted by atomic mass is 10.2. The fourth-order valence-electron chi connectivity index (χ4n) is 1.93. The Morgan fingerprint density at radius 2 is 2.53 bits per heavy atom. The number of halogens is 1. The van der Waals surface area contributed by atoms with Crippen LogP contribution in [0.25, 0.3) is 0 Å². The van der Waals surface area contributed by atoms with Gasteiger partial charge >= 0.3 is 0 Å². The van der Waals surface area contributed by atoms with E-state index in [1.807, 2.05) is 6.07 Å². The summed E-state index contributed by atoms with van der Waals surface area (Å²) in [7, 11) is 0. The van der Waals surface area contributed by atoms with Crippen molar-refractivity contribution < 1.29 is 0 Å². The molecule has 82 valence electrons. The van der Waals surface area contributed by atoms with E-state index in [4.69, 9.17) is 11.6 Å². The third-order valence-electron chi connectivity index (χ3n) is 2.70. The minimum absolute atomic E-state index is 0.569. The number of pyridine rings is 1. The molecule has 15 heavy (non-hydrogen) atoms. The molecule has 1 N–H and O–H groups in total. The number of hydrogen-bond donors (Lipinski definition) is 1. The van der Waals surface area contributed by atoms with Crippen molar-refractivity contribution in [2.75, 3.05) is 19.6 Å². The summed E-state index contributed by atoms with van der Waals surface area (Å²) in [4.78, 5) is 6.41. The van der Waals surface area contributed by atoms with Crippen LogP contribution < -0.4 is 5.32 Å². The van der Waals surface area contributed by atoms with E-state index in [9.17, 15) is 0 Å². The van der Waals surface area contributed by atoms with Crippen molar-refractivity contribution in [3.05, 3.63) is 29.0 Å². The number of nitrogens with one attached hydrogen (secondary N) is 1. The van der Waals surface area contributed by atoms with Gasteiger partial charge in [-0.1, -0.05) is 11.6 Å². The Morgan fingerprint density at radius 3 is 3.27 bits per heavy atom. The molecule has 0 unspecified atom stereocenters. The van der Waals surface area contributed by atoms with Gasteiger partial charge in [0.15, 0.2) is 0 Å². The lowest BCUT2D eigenvalue weighted by molar-refractivity contribution is 0.199. The van der Waals surface area contributed by atoms with Crippen LogP contribution in [0.5, 0.6) is 0 Å². The van der Waals surface area contributed by atoms with Crippen molar-refractivity contribution in [2.45, 2.75) is 19.5 Å². The Balaban J connectivity index is 1.99. The maximum Gasteiger partial charge on any atom is 0.0634 e. The molecule has 0 aromatic carbocycles. The Hall–Kier alpha value is -0.640. The minimum atomic E-state index is 0.569. The molecule has 0 aliphatic carbocycles. The van der Waals surface area contributed by atoms with Crippen LogP contribution in [0.3, 0.4) is 0 Å². The largest absolute Gasteiger partial charge is 0.312 e. The molecule has 0 bridgehead atoms. The highest BCUT2D eigenvalue weighted by molar-refractivity contribution is 6.31. The number of rotatable bonds is 2. The smallest absolute Gasteiger partial charge is 0.0634 e. The first-order valence-corrected chi connectivity index (χ1v) is 5.67. The Kier molecular flexibility index (Phi) is 3.57. The topological polar surface area (TPSA) is 28.2 Å². The molecule has 1 aromatic heterocycles. The molecular formula is C11H16ClN3. The lowest BCUT2D eigenvalue weighted by Gasteiger charge is -2.31. The van der Waals surface area contributed by atoms with Crippen LogP contribution in [0.2, 0.25) is 5.02 Å². The summed E-state index contributed by atoms with van der Waals surface area (Å²) in [5, 5.41) is 4.19. The minimum Gasteiger partial charge on any atom is -0.312 e. The van der Waals surface area contributed by atoms with E-state index in [2.05, 4.69) is 22.1 Å². The highest BCUT2D eigenvalue weighted by Gasteiger charge is 2.16. The van der Waals surface area contributed by atoms with Crippen LogP contribution in [0.1, 0.15) is 12.5 Å². The van der Waals surface area contributed by atoms with Gasteiger partial charge in [0.1, 0.15) is 0 Å². The molecule has 1 fully saturated rings. The summed E-state index contributed by atoms with van der Waals surface area (Å²) in [5.41, 5.74) is 1.17. The second kappa shape index (κ2) is 4.92. The summed E-state index contributed by atoms with van der Waals surface area (Å²) >= 11 is 6.08. The Bertz CT molecular complexity index is 329.